The highest BCUT2D eigenvalue weighted by Gasteiger charge is 2.47. The zero-order chi connectivity index (χ0) is 14.9. The number of aliphatic hydroxyl groups is 1. The molecule has 2 fully saturated rings. The molecule has 0 spiro atoms. The van der Waals surface area contributed by atoms with E-state index in [0.717, 1.165) is 17.7 Å². The van der Waals surface area contributed by atoms with E-state index in [-0.39, 0.29) is 31.0 Å². The topological polar surface area (TPSA) is 90.0 Å². The van der Waals surface area contributed by atoms with Gasteiger partial charge in [-0.2, -0.15) is 0 Å². The molecule has 0 saturated carbocycles. The Morgan fingerprint density at radius 1 is 1.50 bits per heavy atom. The van der Waals surface area contributed by atoms with Gasteiger partial charge in [-0.05, 0) is 26.2 Å². The van der Waals surface area contributed by atoms with Crippen molar-refractivity contribution in [2.24, 2.45) is 0 Å². The lowest BCUT2D eigenvalue weighted by molar-refractivity contribution is -0.139. The quantitative estimate of drug-likeness (QED) is 0.693. The largest absolute Gasteiger partial charge is 0.394 e. The van der Waals surface area contributed by atoms with Crippen molar-refractivity contribution in [2.75, 3.05) is 19.7 Å². The number of amides is 4. The molecular formula is C13H21N3O4. The number of hydrogen-bond acceptors (Lipinski definition) is 4. The Labute approximate surface area is 117 Å². The SMILES string of the molecule is CCC1(C)NC(=O)N(CC(=O)N2CCCC2CO)C1=O. The smallest absolute Gasteiger partial charge is 0.325 e. The van der Waals surface area contributed by atoms with Gasteiger partial charge in [0.2, 0.25) is 5.91 Å². The molecule has 2 unspecified atom stereocenters. The zero-order valence-corrected chi connectivity index (χ0v) is 11.9. The highest BCUT2D eigenvalue weighted by atomic mass is 16.3. The number of hydrogen-bond donors (Lipinski definition) is 2. The minimum absolute atomic E-state index is 0.0848. The van der Waals surface area contributed by atoms with Crippen LogP contribution in [0.3, 0.4) is 0 Å². The normalized spacial score (nSPS) is 30.1. The standard InChI is InChI=1S/C13H21N3O4/c1-3-13(2)11(19)16(12(20)14-13)7-10(18)15-6-4-5-9(15)8-17/h9,17H,3-8H2,1-2H3,(H,14,20). The minimum atomic E-state index is -0.918. The summed E-state index contributed by atoms with van der Waals surface area (Å²) in [5, 5.41) is 11.8. The second-order valence-corrected chi connectivity index (χ2v) is 5.57. The van der Waals surface area contributed by atoms with E-state index in [0.29, 0.717) is 13.0 Å². The predicted molar refractivity (Wildman–Crippen MR) is 70.8 cm³/mol. The van der Waals surface area contributed by atoms with E-state index in [1.807, 2.05) is 6.92 Å². The molecule has 2 aliphatic heterocycles. The molecular weight excluding hydrogens is 262 g/mol. The molecule has 2 N–H and O–H groups in total. The maximum atomic E-state index is 12.2. The van der Waals surface area contributed by atoms with Crippen molar-refractivity contribution in [3.05, 3.63) is 0 Å². The fourth-order valence-electron chi connectivity index (χ4n) is 2.71. The van der Waals surface area contributed by atoms with Gasteiger partial charge in [-0.1, -0.05) is 6.92 Å². The van der Waals surface area contributed by atoms with Crippen molar-refractivity contribution in [1.82, 2.24) is 15.1 Å². The van der Waals surface area contributed by atoms with E-state index in [2.05, 4.69) is 5.32 Å². The molecule has 0 bridgehead atoms. The third kappa shape index (κ3) is 2.37. The van der Waals surface area contributed by atoms with E-state index in [9.17, 15) is 19.5 Å². The second kappa shape index (κ2) is 5.40. The number of urea groups is 1. The molecule has 112 valence electrons. The Morgan fingerprint density at radius 3 is 2.75 bits per heavy atom. The lowest BCUT2D eigenvalue weighted by Crippen LogP contribution is -2.47. The molecule has 2 heterocycles. The number of carbonyl (C=O) groups is 3. The molecule has 0 radical (unpaired) electrons. The molecule has 0 aromatic heterocycles. The van der Waals surface area contributed by atoms with Crippen molar-refractivity contribution >= 4 is 17.8 Å². The molecule has 20 heavy (non-hydrogen) atoms. The number of likely N-dealkylation sites (tertiary alicyclic amines) is 1. The van der Waals surface area contributed by atoms with Crippen molar-refractivity contribution in [3.63, 3.8) is 0 Å². The van der Waals surface area contributed by atoms with Crippen LogP contribution in [-0.4, -0.2) is 64.0 Å². The highest BCUT2D eigenvalue weighted by Crippen LogP contribution is 2.22. The van der Waals surface area contributed by atoms with Gasteiger partial charge in [0.1, 0.15) is 12.1 Å². The fourth-order valence-corrected chi connectivity index (χ4v) is 2.71. The van der Waals surface area contributed by atoms with Gasteiger partial charge in [0.15, 0.2) is 0 Å². The minimum Gasteiger partial charge on any atom is -0.394 e. The molecule has 0 aliphatic carbocycles. The van der Waals surface area contributed by atoms with Gasteiger partial charge in [0.05, 0.1) is 12.6 Å². The first-order chi connectivity index (χ1) is 9.42. The van der Waals surface area contributed by atoms with Crippen LogP contribution in [0, 0.1) is 0 Å². The van der Waals surface area contributed by atoms with Crippen LogP contribution in [0.25, 0.3) is 0 Å². The average Bonchev–Trinajstić information content (AvgIpc) is 2.98. The molecule has 4 amide bonds. The van der Waals surface area contributed by atoms with E-state index < -0.39 is 11.6 Å². The molecule has 2 rings (SSSR count). The molecule has 2 atom stereocenters. The number of nitrogens with one attached hydrogen (secondary N) is 1. The van der Waals surface area contributed by atoms with Crippen molar-refractivity contribution in [1.29, 1.82) is 0 Å². The summed E-state index contributed by atoms with van der Waals surface area (Å²) in [6, 6.07) is -0.715. The number of nitrogens with zero attached hydrogens (tertiary/aromatic N) is 2. The zero-order valence-electron chi connectivity index (χ0n) is 11.9. The van der Waals surface area contributed by atoms with E-state index in [1.165, 1.54) is 0 Å². The van der Waals surface area contributed by atoms with Gasteiger partial charge in [0, 0.05) is 6.54 Å². The second-order valence-electron chi connectivity index (χ2n) is 5.57. The van der Waals surface area contributed by atoms with Crippen LogP contribution >= 0.6 is 0 Å². The summed E-state index contributed by atoms with van der Waals surface area (Å²) in [6.45, 7) is 3.70. The van der Waals surface area contributed by atoms with E-state index >= 15 is 0 Å². The summed E-state index contributed by atoms with van der Waals surface area (Å²) in [4.78, 5) is 38.8. The van der Waals surface area contributed by atoms with Gasteiger partial charge in [-0.15, -0.1) is 0 Å². The van der Waals surface area contributed by atoms with Crippen LogP contribution in [0.2, 0.25) is 0 Å². The first-order valence-corrected chi connectivity index (χ1v) is 6.97. The number of rotatable bonds is 4. The summed E-state index contributed by atoms with van der Waals surface area (Å²) in [7, 11) is 0. The van der Waals surface area contributed by atoms with E-state index in [1.54, 1.807) is 11.8 Å². The first-order valence-electron chi connectivity index (χ1n) is 6.97. The molecule has 7 heteroatoms. The Hall–Kier alpha value is -1.63. The molecule has 0 aromatic rings. The van der Waals surface area contributed by atoms with Crippen LogP contribution < -0.4 is 5.32 Å². The Bertz CT molecular complexity index is 439. The van der Waals surface area contributed by atoms with Gasteiger partial charge < -0.3 is 15.3 Å². The number of imide groups is 1. The van der Waals surface area contributed by atoms with Crippen LogP contribution in [0.5, 0.6) is 0 Å². The van der Waals surface area contributed by atoms with Gasteiger partial charge in [-0.3, -0.25) is 14.5 Å². The fraction of sp³-hybridized carbons (Fsp3) is 0.769. The summed E-state index contributed by atoms with van der Waals surface area (Å²) >= 11 is 0. The maximum Gasteiger partial charge on any atom is 0.325 e. The van der Waals surface area contributed by atoms with Gasteiger partial charge in [-0.25, -0.2) is 4.79 Å². The highest BCUT2D eigenvalue weighted by molar-refractivity contribution is 6.08. The van der Waals surface area contributed by atoms with Crippen LogP contribution in [-0.2, 0) is 9.59 Å². The van der Waals surface area contributed by atoms with Gasteiger partial charge >= 0.3 is 6.03 Å². The summed E-state index contributed by atoms with van der Waals surface area (Å²) < 4.78 is 0. The average molecular weight is 283 g/mol. The Morgan fingerprint density at radius 2 is 2.20 bits per heavy atom. The Kier molecular flexibility index (Phi) is 3.99. The summed E-state index contributed by atoms with van der Waals surface area (Å²) in [5.41, 5.74) is -0.918. The third-order valence-electron chi connectivity index (χ3n) is 4.25. The Balaban J connectivity index is 2.05. The molecule has 7 nitrogen and oxygen atoms in total. The van der Waals surface area contributed by atoms with Crippen molar-refractivity contribution < 1.29 is 19.5 Å². The lowest BCUT2D eigenvalue weighted by atomic mass is 9.99. The maximum absolute atomic E-state index is 12.2. The van der Waals surface area contributed by atoms with Crippen LogP contribution in [0.15, 0.2) is 0 Å². The molecule has 0 aromatic carbocycles. The predicted octanol–water partition coefficient (Wildman–Crippen LogP) is -0.310. The molecule has 2 aliphatic rings. The summed E-state index contributed by atoms with van der Waals surface area (Å²) in [6.07, 6.45) is 2.07. The van der Waals surface area contributed by atoms with Crippen LogP contribution in [0.1, 0.15) is 33.1 Å². The first kappa shape index (κ1) is 14.8. The number of carbonyl (C=O) groups excluding carboxylic acids is 3. The third-order valence-corrected chi connectivity index (χ3v) is 4.25. The monoisotopic (exact) mass is 283 g/mol. The van der Waals surface area contributed by atoms with Crippen molar-refractivity contribution in [2.45, 2.75) is 44.7 Å². The lowest BCUT2D eigenvalue weighted by Gasteiger charge is -2.25. The molecule has 2 saturated heterocycles. The summed E-state index contributed by atoms with van der Waals surface area (Å²) in [5.74, 6) is -0.650. The van der Waals surface area contributed by atoms with Crippen molar-refractivity contribution in [3.8, 4) is 0 Å². The van der Waals surface area contributed by atoms with E-state index in [4.69, 9.17) is 0 Å². The van der Waals surface area contributed by atoms with Gasteiger partial charge in [0.25, 0.3) is 5.91 Å². The number of aliphatic hydroxyl groups excluding tert-OH is 1. The van der Waals surface area contributed by atoms with Crippen LogP contribution in [0.4, 0.5) is 4.79 Å².